The minimum atomic E-state index is -0.00435. The van der Waals surface area contributed by atoms with E-state index in [0.717, 1.165) is 28.8 Å². The number of para-hydroxylation sites is 1. The summed E-state index contributed by atoms with van der Waals surface area (Å²) in [5.74, 6) is 6.31. The van der Waals surface area contributed by atoms with Gasteiger partial charge in [0.1, 0.15) is 0 Å². The van der Waals surface area contributed by atoms with Gasteiger partial charge in [0, 0.05) is 16.9 Å². The van der Waals surface area contributed by atoms with Gasteiger partial charge in [-0.3, -0.25) is 14.3 Å². The summed E-state index contributed by atoms with van der Waals surface area (Å²) in [6.07, 6.45) is 0.788. The van der Waals surface area contributed by atoms with Crippen LogP contribution in [0, 0.1) is 11.8 Å². The molecule has 1 aromatic heterocycles. The summed E-state index contributed by atoms with van der Waals surface area (Å²) in [7, 11) is 3.96. The lowest BCUT2D eigenvalue weighted by molar-refractivity contribution is 0.464. The number of hydrogen-bond donors (Lipinski definition) is 0. The van der Waals surface area contributed by atoms with Crippen LogP contribution in [0.4, 0.5) is 0 Å². The van der Waals surface area contributed by atoms with Crippen LogP contribution in [0.1, 0.15) is 18.2 Å². The van der Waals surface area contributed by atoms with Gasteiger partial charge in [0.05, 0.1) is 11.9 Å². The number of rotatable bonds is 3. The van der Waals surface area contributed by atoms with Gasteiger partial charge in [-0.25, -0.2) is 0 Å². The van der Waals surface area contributed by atoms with Crippen LogP contribution in [-0.2, 0) is 6.42 Å². The summed E-state index contributed by atoms with van der Waals surface area (Å²) >= 11 is 0. The van der Waals surface area contributed by atoms with Crippen molar-refractivity contribution >= 4 is 10.8 Å². The van der Waals surface area contributed by atoms with Crippen LogP contribution in [0.15, 0.2) is 59.4 Å². The van der Waals surface area contributed by atoms with E-state index in [4.69, 9.17) is 0 Å². The molecule has 0 aliphatic heterocycles. The molecular weight excluding hydrogens is 308 g/mol. The smallest absolute Gasteiger partial charge is 0.264 e. The second-order valence-corrected chi connectivity index (χ2v) is 6.27. The zero-order valence-electron chi connectivity index (χ0n) is 14.9. The molecule has 25 heavy (non-hydrogen) atoms. The quantitative estimate of drug-likeness (QED) is 0.687. The third kappa shape index (κ3) is 3.50. The van der Waals surface area contributed by atoms with Crippen LogP contribution in [0.2, 0.25) is 0 Å². The predicted octanol–water partition coefficient (Wildman–Crippen LogP) is 3.47. The lowest BCUT2D eigenvalue weighted by atomic mass is 10.0. The standard InChI is InChI=1S/C22H22N2O/c1-4-19-16-18-11-8-10-17(12-9-15-23(2)3)21(18)22(25)24(19)20-13-6-5-7-14-20/h5-8,10-11,13-14,16H,4,15H2,1-3H3. The van der Waals surface area contributed by atoms with Crippen LogP contribution >= 0.6 is 0 Å². The molecule has 1 heterocycles. The first-order valence-electron chi connectivity index (χ1n) is 8.48. The van der Waals surface area contributed by atoms with Crippen molar-refractivity contribution in [3.63, 3.8) is 0 Å². The number of aromatic nitrogens is 1. The van der Waals surface area contributed by atoms with E-state index in [0.29, 0.717) is 11.9 Å². The van der Waals surface area contributed by atoms with Gasteiger partial charge in [-0.1, -0.05) is 49.1 Å². The summed E-state index contributed by atoms with van der Waals surface area (Å²) in [6.45, 7) is 2.73. The minimum absolute atomic E-state index is 0.00435. The maximum absolute atomic E-state index is 13.3. The van der Waals surface area contributed by atoms with Crippen LogP contribution in [-0.4, -0.2) is 30.1 Å². The van der Waals surface area contributed by atoms with E-state index in [2.05, 4.69) is 24.8 Å². The van der Waals surface area contributed by atoms with Crippen molar-refractivity contribution in [1.82, 2.24) is 9.47 Å². The molecule has 0 radical (unpaired) electrons. The summed E-state index contributed by atoms with van der Waals surface area (Å²) in [5, 5.41) is 1.64. The van der Waals surface area contributed by atoms with Gasteiger partial charge in [0.25, 0.3) is 5.56 Å². The molecule has 0 atom stereocenters. The zero-order chi connectivity index (χ0) is 17.8. The number of hydrogen-bond acceptors (Lipinski definition) is 2. The molecule has 0 amide bonds. The van der Waals surface area contributed by atoms with Gasteiger partial charge in [-0.2, -0.15) is 0 Å². The van der Waals surface area contributed by atoms with Gasteiger partial charge in [0.2, 0.25) is 0 Å². The molecule has 0 N–H and O–H groups in total. The Kier molecular flexibility index (Phi) is 5.02. The number of benzene rings is 2. The molecule has 3 nitrogen and oxygen atoms in total. The van der Waals surface area contributed by atoms with Crippen LogP contribution in [0.5, 0.6) is 0 Å². The lowest BCUT2D eigenvalue weighted by Gasteiger charge is -2.14. The maximum Gasteiger partial charge on any atom is 0.264 e. The largest absolute Gasteiger partial charge is 0.299 e. The average Bonchev–Trinajstić information content (AvgIpc) is 2.61. The van der Waals surface area contributed by atoms with Crippen LogP contribution in [0.3, 0.4) is 0 Å². The van der Waals surface area contributed by atoms with E-state index in [1.807, 2.05) is 67.5 Å². The van der Waals surface area contributed by atoms with Crippen LogP contribution in [0.25, 0.3) is 16.5 Å². The molecule has 0 saturated carbocycles. The molecule has 2 aromatic carbocycles. The van der Waals surface area contributed by atoms with E-state index in [1.165, 1.54) is 0 Å². The first kappa shape index (κ1) is 17.0. The molecule has 0 aliphatic carbocycles. The van der Waals surface area contributed by atoms with Crippen molar-refractivity contribution in [1.29, 1.82) is 0 Å². The van der Waals surface area contributed by atoms with Crippen molar-refractivity contribution in [3.05, 3.63) is 76.2 Å². The second kappa shape index (κ2) is 7.38. The molecule has 0 saturated heterocycles. The first-order chi connectivity index (χ1) is 12.1. The van der Waals surface area contributed by atoms with Gasteiger partial charge in [-0.15, -0.1) is 0 Å². The SMILES string of the molecule is CCc1cc2cccc(C#CCN(C)C)c2c(=O)n1-c1ccccc1. The fourth-order valence-corrected chi connectivity index (χ4v) is 2.93. The van der Waals surface area contributed by atoms with Crippen molar-refractivity contribution in [2.45, 2.75) is 13.3 Å². The Bertz CT molecular complexity index is 1010. The van der Waals surface area contributed by atoms with E-state index in [1.54, 1.807) is 4.57 Å². The second-order valence-electron chi connectivity index (χ2n) is 6.27. The number of fused-ring (bicyclic) bond motifs is 1. The fraction of sp³-hybridized carbons (Fsp3) is 0.227. The van der Waals surface area contributed by atoms with Crippen LogP contribution < -0.4 is 5.56 Å². The Labute approximate surface area is 148 Å². The Morgan fingerprint density at radius 2 is 1.80 bits per heavy atom. The molecule has 3 heteroatoms. The van der Waals surface area contributed by atoms with Gasteiger partial charge >= 0.3 is 0 Å². The third-order valence-corrected chi connectivity index (χ3v) is 4.12. The first-order valence-corrected chi connectivity index (χ1v) is 8.48. The number of nitrogens with zero attached hydrogens (tertiary/aromatic N) is 2. The zero-order valence-corrected chi connectivity index (χ0v) is 14.9. The average molecular weight is 330 g/mol. The van der Waals surface area contributed by atoms with E-state index >= 15 is 0 Å². The Morgan fingerprint density at radius 3 is 2.48 bits per heavy atom. The highest BCUT2D eigenvalue weighted by Gasteiger charge is 2.12. The molecule has 0 spiro atoms. The van der Waals surface area contributed by atoms with Crippen molar-refractivity contribution in [2.24, 2.45) is 0 Å². The Morgan fingerprint density at radius 1 is 1.04 bits per heavy atom. The number of aryl methyl sites for hydroxylation is 1. The Hall–Kier alpha value is -2.83. The molecule has 0 bridgehead atoms. The molecule has 0 unspecified atom stereocenters. The molecule has 0 aliphatic rings. The summed E-state index contributed by atoms with van der Waals surface area (Å²) in [5.41, 5.74) is 2.68. The van der Waals surface area contributed by atoms with Gasteiger partial charge in [0.15, 0.2) is 0 Å². The lowest BCUT2D eigenvalue weighted by Crippen LogP contribution is -2.22. The molecular formula is C22H22N2O. The highest BCUT2D eigenvalue weighted by molar-refractivity contribution is 5.88. The topological polar surface area (TPSA) is 25.2 Å². The van der Waals surface area contributed by atoms with Gasteiger partial charge < -0.3 is 0 Å². The highest BCUT2D eigenvalue weighted by Crippen LogP contribution is 2.19. The maximum atomic E-state index is 13.3. The molecule has 0 fully saturated rings. The summed E-state index contributed by atoms with van der Waals surface area (Å²) in [6, 6.07) is 17.8. The fourth-order valence-electron chi connectivity index (χ4n) is 2.93. The number of pyridine rings is 1. The molecule has 3 aromatic rings. The van der Waals surface area contributed by atoms with Gasteiger partial charge in [-0.05, 0) is 50.2 Å². The molecule has 126 valence electrons. The van der Waals surface area contributed by atoms with E-state index in [9.17, 15) is 4.79 Å². The minimum Gasteiger partial charge on any atom is -0.299 e. The summed E-state index contributed by atoms with van der Waals surface area (Å²) < 4.78 is 1.81. The van der Waals surface area contributed by atoms with Crippen molar-refractivity contribution < 1.29 is 0 Å². The monoisotopic (exact) mass is 330 g/mol. The molecule has 3 rings (SSSR count). The van der Waals surface area contributed by atoms with E-state index < -0.39 is 0 Å². The van der Waals surface area contributed by atoms with E-state index in [-0.39, 0.29) is 5.56 Å². The summed E-state index contributed by atoms with van der Waals surface area (Å²) in [4.78, 5) is 15.3. The third-order valence-electron chi connectivity index (χ3n) is 4.12. The predicted molar refractivity (Wildman–Crippen MR) is 104 cm³/mol. The highest BCUT2D eigenvalue weighted by atomic mass is 16.1. The van der Waals surface area contributed by atoms with Crippen molar-refractivity contribution in [3.8, 4) is 17.5 Å². The Balaban J connectivity index is 2.29. The van der Waals surface area contributed by atoms with Crippen molar-refractivity contribution in [2.75, 3.05) is 20.6 Å². The normalized spacial score (nSPS) is 10.7.